The second-order valence-electron chi connectivity index (χ2n) is 6.48. The van der Waals surface area contributed by atoms with E-state index in [0.29, 0.717) is 23.6 Å². The van der Waals surface area contributed by atoms with Crippen molar-refractivity contribution in [2.45, 2.75) is 37.1 Å². The molecule has 1 unspecified atom stereocenters. The van der Waals surface area contributed by atoms with Crippen LogP contribution in [0.15, 0.2) is 47.4 Å². The molecule has 27 heavy (non-hydrogen) atoms. The van der Waals surface area contributed by atoms with Gasteiger partial charge in [0.1, 0.15) is 11.9 Å². The van der Waals surface area contributed by atoms with Crippen molar-refractivity contribution in [1.82, 2.24) is 4.31 Å². The number of nitrogens with zero attached hydrogens (tertiary/aromatic N) is 1. The molecule has 144 valence electrons. The fraction of sp³-hybridized carbons (Fsp3) is 0.316. The number of carbonyl (C=O) groups excluding carboxylic acids is 1. The average molecular weight is 411 g/mol. The fourth-order valence-electron chi connectivity index (χ4n) is 3.16. The van der Waals surface area contributed by atoms with E-state index in [9.17, 15) is 17.6 Å². The van der Waals surface area contributed by atoms with Crippen LogP contribution in [-0.2, 0) is 14.8 Å². The summed E-state index contributed by atoms with van der Waals surface area (Å²) in [5, 5.41) is 3.31. The Bertz CT molecular complexity index is 948. The van der Waals surface area contributed by atoms with Gasteiger partial charge in [-0.25, -0.2) is 12.8 Å². The molecular weight excluding hydrogens is 391 g/mol. The van der Waals surface area contributed by atoms with Gasteiger partial charge in [-0.05, 0) is 61.7 Å². The van der Waals surface area contributed by atoms with Crippen molar-refractivity contribution in [3.63, 3.8) is 0 Å². The molecule has 1 N–H and O–H groups in total. The first-order valence-electron chi connectivity index (χ1n) is 8.64. The van der Waals surface area contributed by atoms with Crippen molar-refractivity contribution in [3.05, 3.63) is 58.9 Å². The molecule has 2 aromatic rings. The van der Waals surface area contributed by atoms with Gasteiger partial charge in [0.05, 0.1) is 4.90 Å². The van der Waals surface area contributed by atoms with E-state index >= 15 is 0 Å². The van der Waals surface area contributed by atoms with Crippen LogP contribution in [0.1, 0.15) is 24.8 Å². The number of carbonyl (C=O) groups is 1. The summed E-state index contributed by atoms with van der Waals surface area (Å²) in [6, 6.07) is 8.97. The molecule has 1 saturated heterocycles. The molecule has 1 aliphatic rings. The molecule has 3 rings (SSSR count). The first kappa shape index (κ1) is 19.8. The van der Waals surface area contributed by atoms with E-state index < -0.39 is 27.8 Å². The summed E-state index contributed by atoms with van der Waals surface area (Å²) in [5.41, 5.74) is 1.27. The van der Waals surface area contributed by atoms with Crippen molar-refractivity contribution < 1.29 is 17.6 Å². The topological polar surface area (TPSA) is 66.5 Å². The summed E-state index contributed by atoms with van der Waals surface area (Å²) in [6.45, 7) is 2.03. The highest BCUT2D eigenvalue weighted by Gasteiger charge is 2.37. The minimum atomic E-state index is -3.90. The zero-order valence-electron chi connectivity index (χ0n) is 14.8. The molecule has 1 amide bonds. The standard InChI is InChI=1S/C19H20ClFN2O3S/c1-13-16(20)5-4-6-17(13)22-19(24)18-7-2-3-12-23(18)27(25,26)15-10-8-14(21)9-11-15/h4-6,8-11,18H,2-3,7,12H2,1H3,(H,22,24). The number of rotatable bonds is 4. The molecule has 8 heteroatoms. The van der Waals surface area contributed by atoms with Gasteiger partial charge < -0.3 is 5.32 Å². The smallest absolute Gasteiger partial charge is 0.243 e. The van der Waals surface area contributed by atoms with E-state index in [1.807, 2.05) is 0 Å². The molecule has 5 nitrogen and oxygen atoms in total. The van der Waals surface area contributed by atoms with Crippen molar-refractivity contribution in [3.8, 4) is 0 Å². The van der Waals surface area contributed by atoms with Crippen LogP contribution in [0.5, 0.6) is 0 Å². The molecule has 0 bridgehead atoms. The van der Waals surface area contributed by atoms with Crippen LogP contribution >= 0.6 is 11.6 Å². The SMILES string of the molecule is Cc1c(Cl)cccc1NC(=O)C1CCCCN1S(=O)(=O)c1ccc(F)cc1. The molecule has 2 aromatic carbocycles. The Balaban J connectivity index is 1.87. The third kappa shape index (κ3) is 4.15. The summed E-state index contributed by atoms with van der Waals surface area (Å²) < 4.78 is 40.3. The quantitative estimate of drug-likeness (QED) is 0.829. The maximum atomic E-state index is 13.2. The molecule has 0 radical (unpaired) electrons. The van der Waals surface area contributed by atoms with E-state index in [1.165, 1.54) is 16.4 Å². The second-order valence-corrected chi connectivity index (χ2v) is 8.78. The second kappa shape index (κ2) is 7.96. The van der Waals surface area contributed by atoms with Gasteiger partial charge in [-0.3, -0.25) is 4.79 Å². The molecule has 0 saturated carbocycles. The molecule has 1 aliphatic heterocycles. The lowest BCUT2D eigenvalue weighted by atomic mass is 10.0. The maximum Gasteiger partial charge on any atom is 0.243 e. The highest BCUT2D eigenvalue weighted by Crippen LogP contribution is 2.28. The van der Waals surface area contributed by atoms with Gasteiger partial charge in [0.25, 0.3) is 0 Å². The number of hydrogen-bond acceptors (Lipinski definition) is 3. The summed E-state index contributed by atoms with van der Waals surface area (Å²) >= 11 is 6.09. The van der Waals surface area contributed by atoms with Gasteiger partial charge in [-0.15, -0.1) is 0 Å². The van der Waals surface area contributed by atoms with Gasteiger partial charge in [0, 0.05) is 17.3 Å². The largest absolute Gasteiger partial charge is 0.324 e. The Hall–Kier alpha value is -1.96. The Labute approximate surface area is 163 Å². The van der Waals surface area contributed by atoms with Crippen molar-refractivity contribution in [2.24, 2.45) is 0 Å². The minimum absolute atomic E-state index is 0.0254. The highest BCUT2D eigenvalue weighted by atomic mass is 35.5. The number of halogens is 2. The predicted molar refractivity (Wildman–Crippen MR) is 103 cm³/mol. The average Bonchev–Trinajstić information content (AvgIpc) is 2.66. The van der Waals surface area contributed by atoms with Gasteiger partial charge in [-0.1, -0.05) is 24.1 Å². The third-order valence-corrected chi connectivity index (χ3v) is 7.03. The Kier molecular flexibility index (Phi) is 5.83. The van der Waals surface area contributed by atoms with E-state index in [1.54, 1.807) is 25.1 Å². The number of piperidine rings is 1. The zero-order valence-corrected chi connectivity index (χ0v) is 16.4. The Morgan fingerprint density at radius 2 is 1.89 bits per heavy atom. The molecule has 1 atom stereocenters. The number of anilines is 1. The zero-order chi connectivity index (χ0) is 19.6. The van der Waals surface area contributed by atoms with E-state index in [-0.39, 0.29) is 11.4 Å². The monoisotopic (exact) mass is 410 g/mol. The van der Waals surface area contributed by atoms with Gasteiger partial charge in [0.2, 0.25) is 15.9 Å². The fourth-order valence-corrected chi connectivity index (χ4v) is 4.99. The van der Waals surface area contributed by atoms with Crippen molar-refractivity contribution >= 4 is 33.2 Å². The molecule has 1 fully saturated rings. The number of hydrogen-bond donors (Lipinski definition) is 1. The number of amides is 1. The van der Waals surface area contributed by atoms with Crippen LogP contribution in [0.25, 0.3) is 0 Å². The van der Waals surface area contributed by atoms with E-state index in [4.69, 9.17) is 11.6 Å². The predicted octanol–water partition coefficient (Wildman–Crippen LogP) is 3.97. The molecule has 0 aliphatic carbocycles. The van der Waals surface area contributed by atoms with Crippen molar-refractivity contribution in [2.75, 3.05) is 11.9 Å². The van der Waals surface area contributed by atoms with Gasteiger partial charge >= 0.3 is 0 Å². The van der Waals surface area contributed by atoms with Crippen LogP contribution in [-0.4, -0.2) is 31.2 Å². The van der Waals surface area contributed by atoms with Crippen molar-refractivity contribution in [1.29, 1.82) is 0 Å². The normalized spacial score (nSPS) is 18.3. The summed E-state index contributed by atoms with van der Waals surface area (Å²) in [4.78, 5) is 12.8. The number of nitrogens with one attached hydrogen (secondary N) is 1. The molecule has 0 spiro atoms. The van der Waals surface area contributed by atoms with Gasteiger partial charge in [-0.2, -0.15) is 4.31 Å². The summed E-state index contributed by atoms with van der Waals surface area (Å²) in [7, 11) is -3.90. The highest BCUT2D eigenvalue weighted by molar-refractivity contribution is 7.89. The van der Waals surface area contributed by atoms with Crippen LogP contribution in [0.2, 0.25) is 5.02 Å². The molecular formula is C19H20ClFN2O3S. The lowest BCUT2D eigenvalue weighted by Gasteiger charge is -2.33. The third-order valence-electron chi connectivity index (χ3n) is 4.70. The summed E-state index contributed by atoms with van der Waals surface area (Å²) in [6.07, 6.45) is 1.84. The first-order valence-corrected chi connectivity index (χ1v) is 10.5. The number of sulfonamides is 1. The Morgan fingerprint density at radius 3 is 2.59 bits per heavy atom. The molecule has 0 aromatic heterocycles. The van der Waals surface area contributed by atoms with E-state index in [2.05, 4.69) is 5.32 Å². The lowest BCUT2D eigenvalue weighted by molar-refractivity contribution is -0.120. The number of benzene rings is 2. The lowest BCUT2D eigenvalue weighted by Crippen LogP contribution is -2.49. The van der Waals surface area contributed by atoms with Crippen LogP contribution in [0, 0.1) is 12.7 Å². The minimum Gasteiger partial charge on any atom is -0.324 e. The first-order chi connectivity index (χ1) is 12.8. The van der Waals surface area contributed by atoms with Crippen LogP contribution in [0.3, 0.4) is 0 Å². The van der Waals surface area contributed by atoms with Crippen LogP contribution in [0.4, 0.5) is 10.1 Å². The van der Waals surface area contributed by atoms with Gasteiger partial charge in [0.15, 0.2) is 0 Å². The molecule has 1 heterocycles. The van der Waals surface area contributed by atoms with Crippen LogP contribution < -0.4 is 5.32 Å². The maximum absolute atomic E-state index is 13.2. The Morgan fingerprint density at radius 1 is 1.19 bits per heavy atom. The summed E-state index contributed by atoms with van der Waals surface area (Å²) in [5.74, 6) is -0.913. The van der Waals surface area contributed by atoms with E-state index in [0.717, 1.165) is 24.1 Å².